The normalized spacial score (nSPS) is 14.3. The number of piperazine rings is 1. The third-order valence-corrected chi connectivity index (χ3v) is 8.01. The number of aliphatic hydroxyl groups excluding tert-OH is 1. The number of carbonyl (C=O) groups excluding carboxylic acids is 1. The van der Waals surface area contributed by atoms with Crippen molar-refractivity contribution in [1.29, 1.82) is 0 Å². The number of aromatic nitrogens is 1. The lowest BCUT2D eigenvalue weighted by Gasteiger charge is -2.34. The second-order valence-corrected chi connectivity index (χ2v) is 11.0. The topological polar surface area (TPSA) is 112 Å². The number of nitrogens with one attached hydrogen (secondary N) is 1. The Morgan fingerprint density at radius 3 is 2.46 bits per heavy atom. The van der Waals surface area contributed by atoms with Gasteiger partial charge in [-0.25, -0.2) is 8.42 Å². The van der Waals surface area contributed by atoms with Gasteiger partial charge in [-0.2, -0.15) is 0 Å². The number of benzene rings is 3. The minimum atomic E-state index is -3.87. The first-order valence-electron chi connectivity index (χ1n) is 12.7. The number of fused-ring (bicyclic) bond motifs is 1. The average Bonchev–Trinajstić information content (AvgIpc) is 2.96. The zero-order chi connectivity index (χ0) is 27.2. The predicted octanol–water partition coefficient (Wildman–Crippen LogP) is 3.36. The summed E-state index contributed by atoms with van der Waals surface area (Å²) in [5.74, 6) is 0.650. The fourth-order valence-electron chi connectivity index (χ4n) is 4.63. The molecule has 1 amide bonds. The molecule has 1 saturated heterocycles. The Hall–Kier alpha value is -3.99. The van der Waals surface area contributed by atoms with Crippen LogP contribution in [-0.4, -0.2) is 73.6 Å². The number of rotatable bonds is 9. The Morgan fingerprint density at radius 1 is 0.949 bits per heavy atom. The van der Waals surface area contributed by atoms with Crippen molar-refractivity contribution in [2.45, 2.75) is 11.4 Å². The summed E-state index contributed by atoms with van der Waals surface area (Å²) in [5, 5.41) is 9.69. The molecular formula is C29H30N4O5S. The number of nitrogens with zero attached hydrogens (tertiary/aromatic N) is 3. The van der Waals surface area contributed by atoms with Crippen LogP contribution < -0.4 is 9.46 Å². The van der Waals surface area contributed by atoms with E-state index in [1.165, 1.54) is 6.07 Å². The maximum Gasteiger partial charge on any atom is 0.264 e. The maximum atomic E-state index is 13.1. The zero-order valence-electron chi connectivity index (χ0n) is 21.4. The Kier molecular flexibility index (Phi) is 8.06. The van der Waals surface area contributed by atoms with Gasteiger partial charge >= 0.3 is 0 Å². The molecule has 0 unspecified atom stereocenters. The predicted molar refractivity (Wildman–Crippen MR) is 149 cm³/mol. The van der Waals surface area contributed by atoms with Crippen LogP contribution in [0.4, 0.5) is 5.69 Å². The molecule has 0 radical (unpaired) electrons. The highest BCUT2D eigenvalue weighted by molar-refractivity contribution is 7.93. The minimum absolute atomic E-state index is 0.0264. The van der Waals surface area contributed by atoms with Gasteiger partial charge < -0.3 is 14.7 Å². The van der Waals surface area contributed by atoms with Crippen molar-refractivity contribution < 1.29 is 23.1 Å². The SMILES string of the molecule is O=C(c1ccc(NS(=O)(=O)c2cccc3cccnc23)cc1)N1CCN(Cc2cccc(OCCO)c2)CC1. The van der Waals surface area contributed by atoms with Crippen molar-refractivity contribution in [3.8, 4) is 5.75 Å². The van der Waals surface area contributed by atoms with Crippen molar-refractivity contribution in [3.63, 3.8) is 0 Å². The summed E-state index contributed by atoms with van der Waals surface area (Å²) >= 11 is 0. The number of amides is 1. The lowest BCUT2D eigenvalue weighted by atomic mass is 10.1. The molecule has 10 heteroatoms. The van der Waals surface area contributed by atoms with E-state index in [9.17, 15) is 13.2 Å². The standard InChI is InChI=1S/C29H30N4O5S/c34-18-19-38-26-7-1-4-22(20-26)21-32-14-16-33(17-15-32)29(35)24-9-11-25(12-10-24)31-39(36,37)27-8-2-5-23-6-3-13-30-28(23)27/h1-13,20,31,34H,14-19,21H2. The van der Waals surface area contributed by atoms with Crippen LogP contribution in [0.5, 0.6) is 5.75 Å². The van der Waals surface area contributed by atoms with Crippen molar-refractivity contribution in [2.24, 2.45) is 0 Å². The summed E-state index contributed by atoms with van der Waals surface area (Å²) < 4.78 is 34.2. The van der Waals surface area contributed by atoms with E-state index in [0.717, 1.165) is 36.3 Å². The molecule has 1 aliphatic heterocycles. The number of aliphatic hydroxyl groups is 1. The van der Waals surface area contributed by atoms with Crippen LogP contribution in [0.2, 0.25) is 0 Å². The summed E-state index contributed by atoms with van der Waals surface area (Å²) in [6.45, 7) is 3.67. The van der Waals surface area contributed by atoms with E-state index in [-0.39, 0.29) is 24.0 Å². The monoisotopic (exact) mass is 546 g/mol. The highest BCUT2D eigenvalue weighted by Crippen LogP contribution is 2.24. The van der Waals surface area contributed by atoms with Crippen LogP contribution in [0, 0.1) is 0 Å². The number of carbonyl (C=O) groups is 1. The molecule has 202 valence electrons. The first-order chi connectivity index (χ1) is 18.9. The summed E-state index contributed by atoms with van der Waals surface area (Å²) in [6, 6.07) is 22.9. The summed E-state index contributed by atoms with van der Waals surface area (Å²) in [7, 11) is -3.87. The molecule has 9 nitrogen and oxygen atoms in total. The quantitative estimate of drug-likeness (QED) is 0.331. The highest BCUT2D eigenvalue weighted by Gasteiger charge is 2.23. The van der Waals surface area contributed by atoms with Gasteiger partial charge in [-0.3, -0.25) is 19.4 Å². The molecular weight excluding hydrogens is 516 g/mol. The summed E-state index contributed by atoms with van der Waals surface area (Å²) in [4.78, 5) is 21.5. The molecule has 0 bridgehead atoms. The van der Waals surface area contributed by atoms with Crippen LogP contribution in [0.1, 0.15) is 15.9 Å². The van der Waals surface area contributed by atoms with Gasteiger partial charge in [0.25, 0.3) is 15.9 Å². The third kappa shape index (κ3) is 6.36. The fourth-order valence-corrected chi connectivity index (χ4v) is 5.87. The Bertz CT molecular complexity index is 1550. The summed E-state index contributed by atoms with van der Waals surface area (Å²) in [6.07, 6.45) is 1.56. The lowest BCUT2D eigenvalue weighted by Crippen LogP contribution is -2.48. The molecule has 0 atom stereocenters. The largest absolute Gasteiger partial charge is 0.491 e. The number of hydrogen-bond donors (Lipinski definition) is 2. The molecule has 2 N–H and O–H groups in total. The Balaban J connectivity index is 1.18. The highest BCUT2D eigenvalue weighted by atomic mass is 32.2. The average molecular weight is 547 g/mol. The van der Waals surface area contributed by atoms with E-state index in [1.807, 2.05) is 41.3 Å². The van der Waals surface area contributed by atoms with Gasteiger partial charge in [0.2, 0.25) is 0 Å². The van der Waals surface area contributed by atoms with Crippen molar-refractivity contribution >= 4 is 32.5 Å². The first-order valence-corrected chi connectivity index (χ1v) is 14.2. The number of pyridine rings is 1. The van der Waals surface area contributed by atoms with Crippen LogP contribution in [0.25, 0.3) is 10.9 Å². The van der Waals surface area contributed by atoms with Gasteiger partial charge in [0.1, 0.15) is 17.3 Å². The van der Waals surface area contributed by atoms with E-state index in [4.69, 9.17) is 9.84 Å². The molecule has 2 heterocycles. The summed E-state index contributed by atoms with van der Waals surface area (Å²) in [5.41, 5.74) is 2.39. The van der Waals surface area contributed by atoms with Gasteiger partial charge in [0.15, 0.2) is 0 Å². The van der Waals surface area contributed by atoms with Crippen LogP contribution in [-0.2, 0) is 16.6 Å². The van der Waals surface area contributed by atoms with Crippen LogP contribution in [0.3, 0.4) is 0 Å². The molecule has 39 heavy (non-hydrogen) atoms. The zero-order valence-corrected chi connectivity index (χ0v) is 22.2. The van der Waals surface area contributed by atoms with Crippen molar-refractivity contribution in [3.05, 3.63) is 96.2 Å². The Labute approximate surface area is 227 Å². The first kappa shape index (κ1) is 26.6. The minimum Gasteiger partial charge on any atom is -0.491 e. The van der Waals surface area contributed by atoms with Crippen LogP contribution in [0.15, 0.2) is 90.0 Å². The van der Waals surface area contributed by atoms with E-state index < -0.39 is 10.0 Å². The number of anilines is 1. The van der Waals surface area contributed by atoms with Crippen LogP contribution >= 0.6 is 0 Å². The second kappa shape index (κ2) is 11.8. The second-order valence-electron chi connectivity index (χ2n) is 9.30. The number of para-hydroxylation sites is 1. The lowest BCUT2D eigenvalue weighted by molar-refractivity contribution is 0.0628. The van der Waals surface area contributed by atoms with Crippen molar-refractivity contribution in [2.75, 3.05) is 44.1 Å². The third-order valence-electron chi connectivity index (χ3n) is 6.59. The molecule has 0 aliphatic carbocycles. The number of sulfonamides is 1. The fraction of sp³-hybridized carbons (Fsp3) is 0.241. The number of hydrogen-bond acceptors (Lipinski definition) is 7. The van der Waals surface area contributed by atoms with Crippen molar-refractivity contribution in [1.82, 2.24) is 14.8 Å². The van der Waals surface area contributed by atoms with Gasteiger partial charge in [-0.05, 0) is 54.1 Å². The molecule has 0 spiro atoms. The molecule has 1 aromatic heterocycles. The van der Waals surface area contributed by atoms with Gasteiger partial charge in [0, 0.05) is 55.6 Å². The van der Waals surface area contributed by atoms with E-state index in [1.54, 1.807) is 42.6 Å². The van der Waals surface area contributed by atoms with Gasteiger partial charge in [-0.15, -0.1) is 0 Å². The molecule has 4 aromatic rings. The Morgan fingerprint density at radius 2 is 1.69 bits per heavy atom. The maximum absolute atomic E-state index is 13.1. The van der Waals surface area contributed by atoms with E-state index in [2.05, 4.69) is 14.6 Å². The van der Waals surface area contributed by atoms with Gasteiger partial charge in [0.05, 0.1) is 12.1 Å². The smallest absolute Gasteiger partial charge is 0.264 e. The van der Waals surface area contributed by atoms with E-state index in [0.29, 0.717) is 29.9 Å². The molecule has 5 rings (SSSR count). The van der Waals surface area contributed by atoms with E-state index >= 15 is 0 Å². The molecule has 0 saturated carbocycles. The number of ether oxygens (including phenoxy) is 1. The molecule has 1 fully saturated rings. The molecule has 1 aliphatic rings. The molecule has 3 aromatic carbocycles. The van der Waals surface area contributed by atoms with Gasteiger partial charge in [-0.1, -0.05) is 30.3 Å².